The van der Waals surface area contributed by atoms with Crippen LogP contribution in [0.3, 0.4) is 0 Å². The standard InChI is InChI=1S/C9H14O2/c10-4-8-2-6-1-7(8)3-9(6)5-11/h2,6-7,9-11H,1,3-5H2. The van der Waals surface area contributed by atoms with Crippen molar-refractivity contribution in [3.05, 3.63) is 11.6 Å². The van der Waals surface area contributed by atoms with Crippen LogP contribution in [-0.4, -0.2) is 23.4 Å². The van der Waals surface area contributed by atoms with E-state index in [2.05, 4.69) is 6.08 Å². The van der Waals surface area contributed by atoms with Gasteiger partial charge in [-0.2, -0.15) is 0 Å². The Balaban J connectivity index is 2.10. The summed E-state index contributed by atoms with van der Waals surface area (Å²) >= 11 is 0. The summed E-state index contributed by atoms with van der Waals surface area (Å²) in [7, 11) is 0. The van der Waals surface area contributed by atoms with Crippen molar-refractivity contribution in [3.63, 3.8) is 0 Å². The lowest BCUT2D eigenvalue weighted by Gasteiger charge is -2.17. The van der Waals surface area contributed by atoms with Crippen LogP contribution in [0, 0.1) is 17.8 Å². The van der Waals surface area contributed by atoms with Gasteiger partial charge in [-0.05, 0) is 36.2 Å². The van der Waals surface area contributed by atoms with E-state index >= 15 is 0 Å². The number of rotatable bonds is 2. The molecule has 2 aliphatic carbocycles. The highest BCUT2D eigenvalue weighted by molar-refractivity contribution is 5.21. The van der Waals surface area contributed by atoms with Crippen molar-refractivity contribution in [2.45, 2.75) is 12.8 Å². The number of hydrogen-bond acceptors (Lipinski definition) is 2. The third kappa shape index (κ3) is 1.01. The van der Waals surface area contributed by atoms with Crippen LogP contribution in [0.4, 0.5) is 0 Å². The van der Waals surface area contributed by atoms with Gasteiger partial charge in [0.1, 0.15) is 0 Å². The van der Waals surface area contributed by atoms with Crippen LogP contribution < -0.4 is 0 Å². The van der Waals surface area contributed by atoms with E-state index in [1.807, 2.05) is 0 Å². The van der Waals surface area contributed by atoms with E-state index in [1.165, 1.54) is 12.0 Å². The monoisotopic (exact) mass is 154 g/mol. The summed E-state index contributed by atoms with van der Waals surface area (Å²) in [5, 5.41) is 17.9. The number of aliphatic hydroxyl groups excluding tert-OH is 2. The van der Waals surface area contributed by atoms with Crippen molar-refractivity contribution in [3.8, 4) is 0 Å². The van der Waals surface area contributed by atoms with Crippen molar-refractivity contribution in [2.75, 3.05) is 13.2 Å². The van der Waals surface area contributed by atoms with Crippen LogP contribution in [0.2, 0.25) is 0 Å². The number of fused-ring (bicyclic) bond motifs is 2. The van der Waals surface area contributed by atoms with Gasteiger partial charge >= 0.3 is 0 Å². The minimum atomic E-state index is 0.222. The van der Waals surface area contributed by atoms with Gasteiger partial charge in [0.15, 0.2) is 0 Å². The molecule has 0 amide bonds. The summed E-state index contributed by atoms with van der Waals surface area (Å²) < 4.78 is 0. The second kappa shape index (κ2) is 2.61. The SMILES string of the molecule is OCC1=CC2CC1CC2CO. The first-order valence-corrected chi connectivity index (χ1v) is 4.27. The van der Waals surface area contributed by atoms with Crippen LogP contribution in [0.1, 0.15) is 12.8 Å². The molecule has 0 heterocycles. The maximum absolute atomic E-state index is 8.96. The number of allylic oxidation sites excluding steroid dienone is 1. The summed E-state index contributed by atoms with van der Waals surface area (Å²) in [6.45, 7) is 0.537. The molecule has 0 radical (unpaired) electrons. The molecule has 0 aliphatic heterocycles. The molecule has 0 aromatic carbocycles. The quantitative estimate of drug-likeness (QED) is 0.570. The Morgan fingerprint density at radius 2 is 2.18 bits per heavy atom. The third-order valence-electron chi connectivity index (χ3n) is 3.12. The largest absolute Gasteiger partial charge is 0.396 e. The Kier molecular flexibility index (Phi) is 1.74. The molecule has 0 aromatic rings. The average Bonchev–Trinajstić information content (AvgIpc) is 2.60. The zero-order valence-corrected chi connectivity index (χ0v) is 6.53. The predicted molar refractivity (Wildman–Crippen MR) is 42.0 cm³/mol. The molecule has 62 valence electrons. The Bertz CT molecular complexity index is 186. The molecule has 2 rings (SSSR count). The minimum absolute atomic E-state index is 0.222. The van der Waals surface area contributed by atoms with Gasteiger partial charge in [-0.1, -0.05) is 6.08 Å². The van der Waals surface area contributed by atoms with Crippen LogP contribution in [0.15, 0.2) is 11.6 Å². The lowest BCUT2D eigenvalue weighted by molar-refractivity contribution is 0.203. The lowest BCUT2D eigenvalue weighted by Crippen LogP contribution is -2.14. The highest BCUT2D eigenvalue weighted by Gasteiger charge is 2.39. The fraction of sp³-hybridized carbons (Fsp3) is 0.778. The zero-order chi connectivity index (χ0) is 7.84. The maximum atomic E-state index is 8.96. The molecule has 0 spiro atoms. The van der Waals surface area contributed by atoms with E-state index in [0.29, 0.717) is 24.4 Å². The molecule has 2 nitrogen and oxygen atoms in total. The van der Waals surface area contributed by atoms with Crippen molar-refractivity contribution < 1.29 is 10.2 Å². The second-order valence-corrected chi connectivity index (χ2v) is 3.67. The predicted octanol–water partition coefficient (Wildman–Crippen LogP) is 0.553. The first-order valence-electron chi connectivity index (χ1n) is 4.27. The summed E-state index contributed by atoms with van der Waals surface area (Å²) in [5.74, 6) is 1.63. The molecule has 3 atom stereocenters. The van der Waals surface area contributed by atoms with Gasteiger partial charge in [0.2, 0.25) is 0 Å². The van der Waals surface area contributed by atoms with Crippen LogP contribution in [-0.2, 0) is 0 Å². The van der Waals surface area contributed by atoms with Gasteiger partial charge in [0, 0.05) is 6.61 Å². The Hall–Kier alpha value is -0.340. The molecule has 11 heavy (non-hydrogen) atoms. The van der Waals surface area contributed by atoms with E-state index in [0.717, 1.165) is 6.42 Å². The van der Waals surface area contributed by atoms with Crippen molar-refractivity contribution in [2.24, 2.45) is 17.8 Å². The second-order valence-electron chi connectivity index (χ2n) is 3.67. The lowest BCUT2D eigenvalue weighted by atomic mass is 9.91. The minimum Gasteiger partial charge on any atom is -0.396 e. The first-order chi connectivity index (χ1) is 5.35. The molecule has 1 saturated carbocycles. The summed E-state index contributed by atoms with van der Waals surface area (Å²) in [6.07, 6.45) is 4.42. The summed E-state index contributed by atoms with van der Waals surface area (Å²) in [6, 6.07) is 0. The molecule has 0 saturated heterocycles. The van der Waals surface area contributed by atoms with Crippen molar-refractivity contribution >= 4 is 0 Å². The zero-order valence-electron chi connectivity index (χ0n) is 6.53. The van der Waals surface area contributed by atoms with E-state index in [4.69, 9.17) is 10.2 Å². The Labute approximate surface area is 66.5 Å². The third-order valence-corrected chi connectivity index (χ3v) is 3.12. The van der Waals surface area contributed by atoms with Crippen molar-refractivity contribution in [1.29, 1.82) is 0 Å². The summed E-state index contributed by atoms with van der Waals surface area (Å²) in [5.41, 5.74) is 1.21. The van der Waals surface area contributed by atoms with Gasteiger partial charge in [0.25, 0.3) is 0 Å². The highest BCUT2D eigenvalue weighted by Crippen LogP contribution is 2.46. The molecule has 2 heteroatoms. The average molecular weight is 154 g/mol. The Morgan fingerprint density at radius 3 is 2.64 bits per heavy atom. The van der Waals surface area contributed by atoms with Gasteiger partial charge in [-0.25, -0.2) is 0 Å². The molecule has 2 N–H and O–H groups in total. The Morgan fingerprint density at radius 1 is 1.36 bits per heavy atom. The molecular formula is C9H14O2. The topological polar surface area (TPSA) is 40.5 Å². The van der Waals surface area contributed by atoms with E-state index < -0.39 is 0 Å². The molecule has 1 fully saturated rings. The maximum Gasteiger partial charge on any atom is 0.0644 e. The van der Waals surface area contributed by atoms with Crippen LogP contribution >= 0.6 is 0 Å². The highest BCUT2D eigenvalue weighted by atomic mass is 16.3. The summed E-state index contributed by atoms with van der Waals surface area (Å²) in [4.78, 5) is 0. The molecule has 0 aromatic heterocycles. The van der Waals surface area contributed by atoms with E-state index in [1.54, 1.807) is 0 Å². The smallest absolute Gasteiger partial charge is 0.0644 e. The first kappa shape index (κ1) is 7.32. The van der Waals surface area contributed by atoms with Gasteiger partial charge in [-0.15, -0.1) is 0 Å². The normalized spacial score (nSPS) is 41.3. The fourth-order valence-corrected chi connectivity index (χ4v) is 2.47. The van der Waals surface area contributed by atoms with Crippen LogP contribution in [0.25, 0.3) is 0 Å². The number of aliphatic hydroxyl groups is 2. The van der Waals surface area contributed by atoms with Gasteiger partial charge < -0.3 is 10.2 Å². The van der Waals surface area contributed by atoms with Gasteiger partial charge in [-0.3, -0.25) is 0 Å². The molecule has 3 unspecified atom stereocenters. The fourth-order valence-electron chi connectivity index (χ4n) is 2.47. The molecule has 2 aliphatic rings. The molecular weight excluding hydrogens is 140 g/mol. The number of hydrogen-bond donors (Lipinski definition) is 2. The molecule has 2 bridgehead atoms. The van der Waals surface area contributed by atoms with Gasteiger partial charge in [0.05, 0.1) is 6.61 Å². The van der Waals surface area contributed by atoms with Crippen LogP contribution in [0.5, 0.6) is 0 Å². The van der Waals surface area contributed by atoms with E-state index in [-0.39, 0.29) is 6.61 Å². The van der Waals surface area contributed by atoms with E-state index in [9.17, 15) is 0 Å². The van der Waals surface area contributed by atoms with Crippen molar-refractivity contribution in [1.82, 2.24) is 0 Å².